The third kappa shape index (κ3) is 6.11. The molecular formula is C26H33ClFN3O2. The molecule has 0 amide bonds. The van der Waals surface area contributed by atoms with E-state index < -0.39 is 0 Å². The van der Waals surface area contributed by atoms with Crippen molar-refractivity contribution in [1.29, 1.82) is 0 Å². The summed E-state index contributed by atoms with van der Waals surface area (Å²) in [5.41, 5.74) is 2.72. The number of benzene rings is 1. The SMILES string of the molecule is C[C@H]1CC[C@H](C(=O)Cc2cc(-c3ccc(F)c(NCC4CCOCC4)c3)c(Cl)cn2)CN1C. The number of ether oxygens (including phenoxy) is 1. The summed E-state index contributed by atoms with van der Waals surface area (Å²) in [6, 6.07) is 7.35. The fourth-order valence-corrected chi connectivity index (χ4v) is 4.91. The van der Waals surface area contributed by atoms with Gasteiger partial charge in [0.25, 0.3) is 0 Å². The van der Waals surface area contributed by atoms with Gasteiger partial charge in [-0.05, 0) is 69.3 Å². The molecule has 178 valence electrons. The number of carbonyl (C=O) groups is 1. The van der Waals surface area contributed by atoms with Crippen molar-refractivity contribution < 1.29 is 13.9 Å². The van der Waals surface area contributed by atoms with E-state index in [2.05, 4.69) is 29.2 Å². The first kappa shape index (κ1) is 24.1. The lowest BCUT2D eigenvalue weighted by atomic mass is 9.88. The Balaban J connectivity index is 1.47. The van der Waals surface area contributed by atoms with Crippen molar-refractivity contribution in [2.45, 2.75) is 45.1 Å². The molecule has 2 aliphatic rings. The van der Waals surface area contributed by atoms with Crippen LogP contribution in [0.4, 0.5) is 10.1 Å². The molecule has 2 saturated heterocycles. The lowest BCUT2D eigenvalue weighted by Gasteiger charge is -2.34. The van der Waals surface area contributed by atoms with Crippen molar-refractivity contribution in [2.24, 2.45) is 11.8 Å². The van der Waals surface area contributed by atoms with E-state index in [0.717, 1.165) is 56.6 Å². The van der Waals surface area contributed by atoms with Gasteiger partial charge in [-0.3, -0.25) is 9.78 Å². The molecule has 1 aromatic carbocycles. The number of likely N-dealkylation sites (tertiary alicyclic amines) is 1. The molecular weight excluding hydrogens is 441 g/mol. The first-order valence-corrected chi connectivity index (χ1v) is 12.3. The highest BCUT2D eigenvalue weighted by Gasteiger charge is 2.28. The minimum absolute atomic E-state index is 0.0407. The topological polar surface area (TPSA) is 54.5 Å². The highest BCUT2D eigenvalue weighted by atomic mass is 35.5. The van der Waals surface area contributed by atoms with Crippen LogP contribution in [-0.4, -0.2) is 55.1 Å². The van der Waals surface area contributed by atoms with Gasteiger partial charge in [0.15, 0.2) is 0 Å². The number of nitrogens with zero attached hydrogens (tertiary/aromatic N) is 2. The van der Waals surface area contributed by atoms with Crippen molar-refractivity contribution in [3.63, 3.8) is 0 Å². The molecule has 0 radical (unpaired) electrons. The quantitative estimate of drug-likeness (QED) is 0.597. The van der Waals surface area contributed by atoms with Gasteiger partial charge >= 0.3 is 0 Å². The summed E-state index contributed by atoms with van der Waals surface area (Å²) >= 11 is 6.46. The maximum absolute atomic E-state index is 14.5. The average molecular weight is 474 g/mol. The monoisotopic (exact) mass is 473 g/mol. The number of nitrogens with one attached hydrogen (secondary N) is 1. The van der Waals surface area contributed by atoms with Crippen molar-refractivity contribution >= 4 is 23.1 Å². The van der Waals surface area contributed by atoms with E-state index in [1.165, 1.54) is 6.07 Å². The molecule has 2 aliphatic heterocycles. The molecule has 0 unspecified atom stereocenters. The maximum Gasteiger partial charge on any atom is 0.146 e. The van der Waals surface area contributed by atoms with Crippen LogP contribution in [0.15, 0.2) is 30.5 Å². The molecule has 2 aromatic rings. The van der Waals surface area contributed by atoms with Crippen LogP contribution >= 0.6 is 11.6 Å². The number of piperidine rings is 1. The zero-order valence-corrected chi connectivity index (χ0v) is 20.2. The van der Waals surface area contributed by atoms with Gasteiger partial charge in [0.1, 0.15) is 11.6 Å². The number of anilines is 1. The van der Waals surface area contributed by atoms with Gasteiger partial charge in [-0.25, -0.2) is 4.39 Å². The Kier molecular flexibility index (Phi) is 7.99. The van der Waals surface area contributed by atoms with Gasteiger partial charge < -0.3 is 15.0 Å². The molecule has 1 aromatic heterocycles. The number of aromatic nitrogens is 1. The minimum atomic E-state index is -0.290. The van der Waals surface area contributed by atoms with E-state index in [4.69, 9.17) is 16.3 Å². The van der Waals surface area contributed by atoms with Gasteiger partial charge in [0, 0.05) is 62.1 Å². The van der Waals surface area contributed by atoms with Crippen LogP contribution in [0.2, 0.25) is 5.02 Å². The summed E-state index contributed by atoms with van der Waals surface area (Å²) in [7, 11) is 2.07. The van der Waals surface area contributed by atoms with E-state index in [0.29, 0.717) is 34.9 Å². The number of pyridine rings is 1. The second-order valence-corrected chi connectivity index (χ2v) is 9.90. The van der Waals surface area contributed by atoms with Crippen molar-refractivity contribution in [1.82, 2.24) is 9.88 Å². The minimum Gasteiger partial charge on any atom is -0.382 e. The molecule has 5 nitrogen and oxygen atoms in total. The van der Waals surface area contributed by atoms with Crippen molar-refractivity contribution in [2.75, 3.05) is 38.7 Å². The summed E-state index contributed by atoms with van der Waals surface area (Å²) in [5, 5.41) is 3.75. The average Bonchev–Trinajstić information content (AvgIpc) is 2.82. The molecule has 3 heterocycles. The van der Waals surface area contributed by atoms with E-state index in [9.17, 15) is 9.18 Å². The van der Waals surface area contributed by atoms with Crippen LogP contribution in [-0.2, 0) is 16.0 Å². The maximum atomic E-state index is 14.5. The summed E-state index contributed by atoms with van der Waals surface area (Å²) < 4.78 is 19.9. The molecule has 0 spiro atoms. The number of ketones is 1. The Morgan fingerprint density at radius 2 is 2.03 bits per heavy atom. The molecule has 0 saturated carbocycles. The van der Waals surface area contributed by atoms with Gasteiger partial charge in [-0.2, -0.15) is 0 Å². The third-order valence-corrected chi connectivity index (χ3v) is 7.42. The van der Waals surface area contributed by atoms with Crippen LogP contribution in [0.1, 0.15) is 38.3 Å². The molecule has 33 heavy (non-hydrogen) atoms. The first-order chi connectivity index (χ1) is 15.9. The largest absolute Gasteiger partial charge is 0.382 e. The van der Waals surface area contributed by atoms with Crippen molar-refractivity contribution in [3.8, 4) is 11.1 Å². The molecule has 7 heteroatoms. The number of hydrogen-bond donors (Lipinski definition) is 1. The van der Waals surface area contributed by atoms with Crippen LogP contribution in [0.25, 0.3) is 11.1 Å². The lowest BCUT2D eigenvalue weighted by molar-refractivity contribution is -0.124. The zero-order valence-electron chi connectivity index (χ0n) is 19.4. The number of halogens is 2. The molecule has 1 N–H and O–H groups in total. The highest BCUT2D eigenvalue weighted by molar-refractivity contribution is 6.33. The zero-order chi connectivity index (χ0) is 23.4. The van der Waals surface area contributed by atoms with Gasteiger partial charge in [-0.1, -0.05) is 17.7 Å². The fourth-order valence-electron chi connectivity index (χ4n) is 4.70. The third-order valence-electron chi connectivity index (χ3n) is 7.12. The van der Waals surface area contributed by atoms with E-state index in [1.807, 2.05) is 6.07 Å². The normalized spacial score (nSPS) is 22.3. The van der Waals surface area contributed by atoms with E-state index in [1.54, 1.807) is 18.3 Å². The summed E-state index contributed by atoms with van der Waals surface area (Å²) in [4.78, 5) is 19.6. The van der Waals surface area contributed by atoms with Crippen LogP contribution in [0, 0.1) is 17.7 Å². The van der Waals surface area contributed by atoms with Gasteiger partial charge in [-0.15, -0.1) is 0 Å². The predicted molar refractivity (Wildman–Crippen MR) is 130 cm³/mol. The molecule has 2 fully saturated rings. The Morgan fingerprint density at radius 1 is 1.24 bits per heavy atom. The lowest BCUT2D eigenvalue weighted by Crippen LogP contribution is -2.41. The standard InChI is InChI=1S/C26H33ClFN3O2/c1-17-3-4-20(16-31(17)2)26(32)13-21-12-22(23(27)15-29-21)19-5-6-24(28)25(11-19)30-14-18-7-9-33-10-8-18/h5-6,11-12,15,17-18,20,30H,3-4,7-10,13-14,16H2,1-2H3/t17-,20-/m0/s1. The van der Waals surface area contributed by atoms with Crippen LogP contribution < -0.4 is 5.32 Å². The predicted octanol–water partition coefficient (Wildman–Crippen LogP) is 5.22. The molecule has 2 atom stereocenters. The van der Waals surface area contributed by atoms with Crippen LogP contribution in [0.5, 0.6) is 0 Å². The molecule has 4 rings (SSSR count). The highest BCUT2D eigenvalue weighted by Crippen LogP contribution is 2.32. The number of carbonyl (C=O) groups excluding carboxylic acids is 1. The fraction of sp³-hybridized carbons (Fsp3) is 0.538. The van der Waals surface area contributed by atoms with E-state index >= 15 is 0 Å². The number of Topliss-reactive ketones (excluding diaryl/α,β-unsaturated/α-hetero) is 1. The smallest absolute Gasteiger partial charge is 0.146 e. The Morgan fingerprint density at radius 3 is 2.79 bits per heavy atom. The number of hydrogen-bond acceptors (Lipinski definition) is 5. The van der Waals surface area contributed by atoms with Crippen LogP contribution in [0.3, 0.4) is 0 Å². The number of rotatable bonds is 7. The Labute approximate surface area is 200 Å². The second kappa shape index (κ2) is 10.9. The summed E-state index contributed by atoms with van der Waals surface area (Å²) in [5.74, 6) is 0.444. The molecule has 0 aliphatic carbocycles. The summed E-state index contributed by atoms with van der Waals surface area (Å²) in [6.07, 6.45) is 5.80. The summed E-state index contributed by atoms with van der Waals surface area (Å²) in [6.45, 7) is 5.23. The Bertz CT molecular complexity index is 980. The van der Waals surface area contributed by atoms with Gasteiger partial charge in [0.05, 0.1) is 10.7 Å². The first-order valence-electron chi connectivity index (χ1n) is 11.9. The van der Waals surface area contributed by atoms with Crippen molar-refractivity contribution in [3.05, 3.63) is 47.0 Å². The van der Waals surface area contributed by atoms with E-state index in [-0.39, 0.29) is 23.9 Å². The van der Waals surface area contributed by atoms with Gasteiger partial charge in [0.2, 0.25) is 0 Å². The second-order valence-electron chi connectivity index (χ2n) is 9.49. The Hall–Kier alpha value is -2.02. The molecule has 0 bridgehead atoms.